The van der Waals surface area contributed by atoms with Gasteiger partial charge >= 0.3 is 0 Å². The van der Waals surface area contributed by atoms with Crippen LogP contribution in [0.2, 0.25) is 0 Å². The third kappa shape index (κ3) is 2.08. The SMILES string of the molecule is Cc1ccc2c3c([nH]c2c1)C(C)(C)c1cc(-c2cn[nH]n2)c(C)cc1C3=O. The first kappa shape index (κ1) is 16.0. The van der Waals surface area contributed by atoms with E-state index < -0.39 is 0 Å². The fraction of sp³-hybridized carbons (Fsp3) is 0.227. The van der Waals surface area contributed by atoms with Crippen LogP contribution in [0.3, 0.4) is 0 Å². The van der Waals surface area contributed by atoms with Crippen LogP contribution < -0.4 is 0 Å². The molecule has 0 spiro atoms. The molecule has 0 fully saturated rings. The Bertz CT molecular complexity index is 1230. The van der Waals surface area contributed by atoms with Crippen molar-refractivity contribution in [1.29, 1.82) is 0 Å². The number of hydrogen-bond acceptors (Lipinski definition) is 3. The van der Waals surface area contributed by atoms with Crippen LogP contribution in [0.25, 0.3) is 22.2 Å². The number of fused-ring (bicyclic) bond motifs is 4. The number of aryl methyl sites for hydroxylation is 2. The Kier molecular flexibility index (Phi) is 3.06. The van der Waals surface area contributed by atoms with E-state index in [4.69, 9.17) is 0 Å². The van der Waals surface area contributed by atoms with Crippen molar-refractivity contribution in [2.24, 2.45) is 0 Å². The number of rotatable bonds is 1. The second-order valence-electron chi connectivity index (χ2n) is 7.95. The van der Waals surface area contributed by atoms with Crippen molar-refractivity contribution in [3.63, 3.8) is 0 Å². The van der Waals surface area contributed by atoms with E-state index >= 15 is 0 Å². The van der Waals surface area contributed by atoms with E-state index in [2.05, 4.69) is 65.4 Å². The van der Waals surface area contributed by atoms with Crippen LogP contribution in [-0.4, -0.2) is 26.2 Å². The molecule has 1 aliphatic rings. The molecule has 5 heteroatoms. The number of H-pyrrole nitrogens is 2. The first-order chi connectivity index (χ1) is 12.9. The Balaban J connectivity index is 1.82. The zero-order valence-electron chi connectivity index (χ0n) is 15.8. The van der Waals surface area contributed by atoms with E-state index in [1.165, 1.54) is 5.56 Å². The zero-order chi connectivity index (χ0) is 18.9. The van der Waals surface area contributed by atoms with E-state index in [0.717, 1.165) is 50.1 Å². The monoisotopic (exact) mass is 356 g/mol. The average Bonchev–Trinajstić information content (AvgIpc) is 3.27. The number of aromatic amines is 2. The van der Waals surface area contributed by atoms with Crippen molar-refractivity contribution in [2.75, 3.05) is 0 Å². The number of carbonyl (C=O) groups is 1. The molecule has 0 saturated heterocycles. The van der Waals surface area contributed by atoms with Gasteiger partial charge in [-0.05, 0) is 48.7 Å². The second kappa shape index (κ2) is 5.16. The normalized spacial score (nSPS) is 15.0. The van der Waals surface area contributed by atoms with Gasteiger partial charge in [0.05, 0.1) is 11.8 Å². The van der Waals surface area contributed by atoms with Gasteiger partial charge in [-0.15, -0.1) is 0 Å². The summed E-state index contributed by atoms with van der Waals surface area (Å²) in [7, 11) is 0. The lowest BCUT2D eigenvalue weighted by Crippen LogP contribution is -2.30. The Morgan fingerprint density at radius 1 is 1.04 bits per heavy atom. The number of nitrogens with one attached hydrogen (secondary N) is 2. The molecule has 0 radical (unpaired) electrons. The van der Waals surface area contributed by atoms with E-state index in [-0.39, 0.29) is 11.2 Å². The maximum atomic E-state index is 13.5. The lowest BCUT2D eigenvalue weighted by Gasteiger charge is -2.33. The second-order valence-corrected chi connectivity index (χ2v) is 7.95. The van der Waals surface area contributed by atoms with Crippen LogP contribution >= 0.6 is 0 Å². The van der Waals surface area contributed by atoms with E-state index in [1.807, 2.05) is 13.0 Å². The van der Waals surface area contributed by atoms with Gasteiger partial charge < -0.3 is 4.98 Å². The smallest absolute Gasteiger partial charge is 0.195 e. The highest BCUT2D eigenvalue weighted by Crippen LogP contribution is 2.45. The van der Waals surface area contributed by atoms with Gasteiger partial charge in [-0.3, -0.25) is 4.79 Å². The van der Waals surface area contributed by atoms with Gasteiger partial charge in [-0.25, -0.2) is 0 Å². The van der Waals surface area contributed by atoms with Crippen LogP contribution in [0.5, 0.6) is 0 Å². The third-order valence-corrected chi connectivity index (χ3v) is 5.78. The molecule has 2 N–H and O–H groups in total. The first-order valence-corrected chi connectivity index (χ1v) is 9.06. The Morgan fingerprint density at radius 2 is 1.85 bits per heavy atom. The summed E-state index contributed by atoms with van der Waals surface area (Å²) in [4.78, 5) is 17.0. The molecule has 2 aromatic heterocycles. The van der Waals surface area contributed by atoms with Crippen molar-refractivity contribution in [2.45, 2.75) is 33.1 Å². The molecule has 5 nitrogen and oxygen atoms in total. The molecule has 5 rings (SSSR count). The average molecular weight is 356 g/mol. The highest BCUT2D eigenvalue weighted by Gasteiger charge is 2.40. The zero-order valence-corrected chi connectivity index (χ0v) is 15.8. The summed E-state index contributed by atoms with van der Waals surface area (Å²) < 4.78 is 0. The van der Waals surface area contributed by atoms with Gasteiger partial charge in [0, 0.05) is 33.1 Å². The summed E-state index contributed by atoms with van der Waals surface area (Å²) in [5.74, 6) is 0.0873. The molecule has 0 bridgehead atoms. The van der Waals surface area contributed by atoms with Crippen LogP contribution in [0.4, 0.5) is 0 Å². The summed E-state index contributed by atoms with van der Waals surface area (Å²) >= 11 is 0. The summed E-state index contributed by atoms with van der Waals surface area (Å²) in [6.45, 7) is 8.41. The van der Waals surface area contributed by atoms with Gasteiger partial charge in [0.25, 0.3) is 0 Å². The minimum absolute atomic E-state index is 0.0873. The molecule has 0 amide bonds. The predicted molar refractivity (Wildman–Crippen MR) is 105 cm³/mol. The summed E-state index contributed by atoms with van der Waals surface area (Å²) in [5.41, 5.74) is 8.26. The lowest BCUT2D eigenvalue weighted by molar-refractivity contribution is 0.103. The maximum Gasteiger partial charge on any atom is 0.195 e. The van der Waals surface area contributed by atoms with Crippen molar-refractivity contribution in [3.05, 3.63) is 70.0 Å². The molecule has 134 valence electrons. The molecule has 0 unspecified atom stereocenters. The summed E-state index contributed by atoms with van der Waals surface area (Å²) in [6.07, 6.45) is 1.71. The number of aromatic nitrogens is 4. The maximum absolute atomic E-state index is 13.5. The van der Waals surface area contributed by atoms with Gasteiger partial charge in [-0.1, -0.05) is 26.0 Å². The topological polar surface area (TPSA) is 74.4 Å². The van der Waals surface area contributed by atoms with Gasteiger partial charge in [-0.2, -0.15) is 15.4 Å². The minimum atomic E-state index is -0.322. The molecule has 4 aromatic rings. The molecule has 2 heterocycles. The predicted octanol–water partition coefficient (Wildman–Crippen LogP) is 4.44. The van der Waals surface area contributed by atoms with E-state index in [1.54, 1.807) is 6.20 Å². The van der Waals surface area contributed by atoms with E-state index in [0.29, 0.717) is 0 Å². The third-order valence-electron chi connectivity index (χ3n) is 5.78. The number of nitrogens with zero attached hydrogens (tertiary/aromatic N) is 2. The largest absolute Gasteiger partial charge is 0.357 e. The molecule has 0 aliphatic heterocycles. The molecule has 2 aromatic carbocycles. The Hall–Kier alpha value is -3.21. The van der Waals surface area contributed by atoms with Crippen LogP contribution in [0, 0.1) is 13.8 Å². The van der Waals surface area contributed by atoms with Crippen molar-refractivity contribution in [3.8, 4) is 11.3 Å². The molecule has 27 heavy (non-hydrogen) atoms. The molecule has 0 saturated carbocycles. The van der Waals surface area contributed by atoms with Gasteiger partial charge in [0.2, 0.25) is 0 Å². The van der Waals surface area contributed by atoms with Crippen LogP contribution in [-0.2, 0) is 5.41 Å². The van der Waals surface area contributed by atoms with Crippen LogP contribution in [0.15, 0.2) is 36.5 Å². The van der Waals surface area contributed by atoms with Gasteiger partial charge in [0.15, 0.2) is 5.78 Å². The lowest BCUT2D eigenvalue weighted by atomic mass is 9.70. The Morgan fingerprint density at radius 3 is 2.59 bits per heavy atom. The fourth-order valence-electron chi connectivity index (χ4n) is 4.31. The minimum Gasteiger partial charge on any atom is -0.357 e. The summed E-state index contributed by atoms with van der Waals surface area (Å²) in [6, 6.07) is 10.3. The Labute approximate surface area is 156 Å². The summed E-state index contributed by atoms with van der Waals surface area (Å²) in [5, 5.41) is 11.8. The molecule has 1 aliphatic carbocycles. The van der Waals surface area contributed by atoms with Gasteiger partial charge in [0.1, 0.15) is 5.69 Å². The molecular weight excluding hydrogens is 336 g/mol. The highest BCUT2D eigenvalue weighted by molar-refractivity contribution is 6.20. The van der Waals surface area contributed by atoms with Crippen molar-refractivity contribution >= 4 is 16.7 Å². The van der Waals surface area contributed by atoms with E-state index in [9.17, 15) is 4.79 Å². The molecule has 0 atom stereocenters. The number of carbonyl (C=O) groups excluding carboxylic acids is 1. The quantitative estimate of drug-likeness (QED) is 0.529. The number of hydrogen-bond donors (Lipinski definition) is 2. The molecular formula is C22H20N4O. The van der Waals surface area contributed by atoms with Crippen molar-refractivity contribution in [1.82, 2.24) is 20.4 Å². The first-order valence-electron chi connectivity index (χ1n) is 9.06. The van der Waals surface area contributed by atoms with Crippen molar-refractivity contribution < 1.29 is 4.79 Å². The van der Waals surface area contributed by atoms with Crippen LogP contribution in [0.1, 0.15) is 52.2 Å². The standard InChI is InChI=1S/C22H20N4O/c1-11-5-6-13-17(7-11)24-21-19(13)20(27)15-8-12(2)14(18-10-23-26-25-18)9-16(15)22(21,3)4/h5-10,24H,1-4H3,(H,23,25,26). The number of ketones is 1. The fourth-order valence-corrected chi connectivity index (χ4v) is 4.31. The number of benzene rings is 2. The highest BCUT2D eigenvalue weighted by atomic mass is 16.1.